The Balaban J connectivity index is 2.65. The normalized spacial score (nSPS) is 13.8. The van der Waals surface area contributed by atoms with Gasteiger partial charge >= 0.3 is 0 Å². The predicted octanol–water partition coefficient (Wildman–Crippen LogP) is 3.29. The summed E-state index contributed by atoms with van der Waals surface area (Å²) in [4.78, 5) is 1.27. The van der Waals surface area contributed by atoms with Gasteiger partial charge in [-0.05, 0) is 53.9 Å². The van der Waals surface area contributed by atoms with Gasteiger partial charge in [0.25, 0.3) is 0 Å². The number of aryl methyl sites for hydroxylation is 1. The Bertz CT molecular complexity index is 463. The molecule has 0 spiro atoms. The molecule has 1 aromatic rings. The number of halogens is 1. The highest BCUT2D eigenvalue weighted by atomic mass is 79.9. The molecule has 1 heterocycles. The van der Waals surface area contributed by atoms with E-state index in [0.29, 0.717) is 6.42 Å². The molecule has 0 aliphatic carbocycles. The van der Waals surface area contributed by atoms with Gasteiger partial charge in [-0.25, -0.2) is 8.42 Å². The monoisotopic (exact) mass is 353 g/mol. The third kappa shape index (κ3) is 5.38. The maximum absolute atomic E-state index is 11.1. The second kappa shape index (κ2) is 7.03. The molecular weight excluding hydrogens is 334 g/mol. The first-order valence-electron chi connectivity index (χ1n) is 6.00. The van der Waals surface area contributed by atoms with Crippen LogP contribution in [0.25, 0.3) is 0 Å². The molecule has 0 saturated heterocycles. The summed E-state index contributed by atoms with van der Waals surface area (Å²) in [5.74, 6) is 0.264. The fraction of sp³-hybridized carbons (Fsp3) is 0.667. The summed E-state index contributed by atoms with van der Waals surface area (Å²) in [7, 11) is -2.85. The molecule has 0 aliphatic heterocycles. The van der Waals surface area contributed by atoms with E-state index in [1.165, 1.54) is 16.7 Å². The number of rotatable bonds is 7. The summed E-state index contributed by atoms with van der Waals surface area (Å²) >= 11 is 5.26. The summed E-state index contributed by atoms with van der Waals surface area (Å²) in [6, 6.07) is 2.43. The van der Waals surface area contributed by atoms with Crippen LogP contribution in [0.2, 0.25) is 0 Å². The lowest BCUT2D eigenvalue weighted by Gasteiger charge is -2.15. The molecule has 1 rings (SSSR count). The maximum Gasteiger partial charge on any atom is 0.147 e. The molecule has 0 amide bonds. The zero-order valence-corrected chi connectivity index (χ0v) is 14.2. The van der Waals surface area contributed by atoms with E-state index in [4.69, 9.17) is 0 Å². The lowest BCUT2D eigenvalue weighted by atomic mass is 10.1. The summed E-state index contributed by atoms with van der Waals surface area (Å²) < 4.78 is 23.4. The predicted molar refractivity (Wildman–Crippen MR) is 82.1 cm³/mol. The molecule has 1 N–H and O–H groups in total. The quantitative estimate of drug-likeness (QED) is 0.817. The molecule has 0 fully saturated rings. The Hall–Kier alpha value is 0.0900. The Morgan fingerprint density at radius 3 is 2.61 bits per heavy atom. The van der Waals surface area contributed by atoms with Crippen LogP contribution in [0.5, 0.6) is 0 Å². The lowest BCUT2D eigenvalue weighted by molar-refractivity contribution is 0.514. The van der Waals surface area contributed by atoms with Gasteiger partial charge in [-0.15, -0.1) is 11.3 Å². The van der Waals surface area contributed by atoms with Crippen LogP contribution < -0.4 is 5.32 Å². The summed E-state index contributed by atoms with van der Waals surface area (Å²) in [6.45, 7) is 5.03. The average Bonchev–Trinajstić information content (AvgIpc) is 2.56. The summed E-state index contributed by atoms with van der Waals surface area (Å²) in [6.07, 6.45) is 2.85. The number of hydrogen-bond donors (Lipinski definition) is 1. The van der Waals surface area contributed by atoms with Crippen molar-refractivity contribution in [1.82, 2.24) is 5.32 Å². The van der Waals surface area contributed by atoms with Gasteiger partial charge in [0.1, 0.15) is 9.84 Å². The van der Waals surface area contributed by atoms with E-state index in [0.717, 1.165) is 16.8 Å². The molecule has 1 unspecified atom stereocenters. The molecule has 0 saturated carbocycles. The van der Waals surface area contributed by atoms with Gasteiger partial charge in [0, 0.05) is 22.9 Å². The van der Waals surface area contributed by atoms with Crippen LogP contribution in [0.15, 0.2) is 9.85 Å². The Kier molecular flexibility index (Phi) is 6.30. The highest BCUT2D eigenvalue weighted by Crippen LogP contribution is 2.33. The second-order valence-corrected chi connectivity index (χ2v) is 9.15. The van der Waals surface area contributed by atoms with Crippen molar-refractivity contribution in [3.8, 4) is 0 Å². The van der Waals surface area contributed by atoms with Crippen molar-refractivity contribution in [2.75, 3.05) is 18.6 Å². The van der Waals surface area contributed by atoms with Crippen molar-refractivity contribution in [1.29, 1.82) is 0 Å². The van der Waals surface area contributed by atoms with Crippen LogP contribution in [0.3, 0.4) is 0 Å². The van der Waals surface area contributed by atoms with Crippen LogP contribution in [0.4, 0.5) is 0 Å². The fourth-order valence-corrected chi connectivity index (χ4v) is 4.17. The van der Waals surface area contributed by atoms with E-state index in [1.54, 1.807) is 11.3 Å². The minimum atomic E-state index is -2.85. The lowest BCUT2D eigenvalue weighted by Crippen LogP contribution is -2.20. The van der Waals surface area contributed by atoms with Gasteiger partial charge in [0.15, 0.2) is 0 Å². The van der Waals surface area contributed by atoms with Crippen LogP contribution in [-0.4, -0.2) is 27.0 Å². The number of hydrogen-bond acceptors (Lipinski definition) is 4. The van der Waals surface area contributed by atoms with Crippen LogP contribution in [0, 0.1) is 6.92 Å². The molecule has 104 valence electrons. The van der Waals surface area contributed by atoms with Crippen LogP contribution in [0.1, 0.15) is 36.2 Å². The van der Waals surface area contributed by atoms with Crippen molar-refractivity contribution in [3.63, 3.8) is 0 Å². The molecule has 6 heteroatoms. The largest absolute Gasteiger partial charge is 0.310 e. The highest BCUT2D eigenvalue weighted by Gasteiger charge is 2.15. The van der Waals surface area contributed by atoms with Crippen molar-refractivity contribution >= 4 is 37.1 Å². The summed E-state index contributed by atoms with van der Waals surface area (Å²) in [5.41, 5.74) is 1.24. The summed E-state index contributed by atoms with van der Waals surface area (Å²) in [5, 5.41) is 3.42. The van der Waals surface area contributed by atoms with Crippen molar-refractivity contribution in [2.24, 2.45) is 0 Å². The molecule has 0 bridgehead atoms. The highest BCUT2D eigenvalue weighted by molar-refractivity contribution is 9.11. The van der Waals surface area contributed by atoms with Crippen LogP contribution in [-0.2, 0) is 9.84 Å². The van der Waals surface area contributed by atoms with Gasteiger partial charge < -0.3 is 5.32 Å². The zero-order valence-electron chi connectivity index (χ0n) is 11.0. The van der Waals surface area contributed by atoms with Crippen LogP contribution >= 0.6 is 27.3 Å². The van der Waals surface area contributed by atoms with Gasteiger partial charge in [0.2, 0.25) is 0 Å². The molecular formula is C12H20BrNO2S2. The van der Waals surface area contributed by atoms with Gasteiger partial charge in [-0.2, -0.15) is 0 Å². The molecule has 0 aliphatic rings. The smallest absolute Gasteiger partial charge is 0.147 e. The van der Waals surface area contributed by atoms with Crippen molar-refractivity contribution in [3.05, 3.63) is 20.3 Å². The van der Waals surface area contributed by atoms with E-state index < -0.39 is 9.84 Å². The number of thiophene rings is 1. The zero-order chi connectivity index (χ0) is 13.8. The first-order chi connectivity index (χ1) is 8.33. The molecule has 0 radical (unpaired) electrons. The average molecular weight is 354 g/mol. The van der Waals surface area contributed by atoms with Gasteiger partial charge in [0.05, 0.1) is 3.79 Å². The first-order valence-corrected chi connectivity index (χ1v) is 9.67. The van der Waals surface area contributed by atoms with E-state index in [-0.39, 0.29) is 11.8 Å². The SMILES string of the molecule is CCNC(CCCS(C)(=O)=O)c1cc(C)c(Br)s1. The third-order valence-corrected chi connectivity index (χ3v) is 5.96. The third-order valence-electron chi connectivity index (χ3n) is 2.68. The Labute approximate surface area is 122 Å². The fourth-order valence-electron chi connectivity index (χ4n) is 1.80. The van der Waals surface area contributed by atoms with Crippen molar-refractivity contribution in [2.45, 2.75) is 32.7 Å². The Morgan fingerprint density at radius 2 is 2.17 bits per heavy atom. The van der Waals surface area contributed by atoms with E-state index >= 15 is 0 Å². The van der Waals surface area contributed by atoms with E-state index in [1.807, 2.05) is 0 Å². The molecule has 0 aromatic carbocycles. The minimum absolute atomic E-state index is 0.256. The molecule has 1 aromatic heterocycles. The van der Waals surface area contributed by atoms with Gasteiger partial charge in [-0.3, -0.25) is 0 Å². The Morgan fingerprint density at radius 1 is 1.50 bits per heavy atom. The number of nitrogens with one attached hydrogen (secondary N) is 1. The van der Waals surface area contributed by atoms with Gasteiger partial charge in [-0.1, -0.05) is 6.92 Å². The van der Waals surface area contributed by atoms with E-state index in [2.05, 4.69) is 41.2 Å². The number of sulfone groups is 1. The standard InChI is InChI=1S/C12H20BrNO2S2/c1-4-14-10(6-5-7-18(3,15)16)11-8-9(2)12(13)17-11/h8,10,14H,4-7H2,1-3H3. The molecule has 3 nitrogen and oxygen atoms in total. The topological polar surface area (TPSA) is 46.2 Å². The van der Waals surface area contributed by atoms with Crippen molar-refractivity contribution < 1.29 is 8.42 Å². The molecule has 18 heavy (non-hydrogen) atoms. The second-order valence-electron chi connectivity index (χ2n) is 4.49. The molecule has 1 atom stereocenters. The maximum atomic E-state index is 11.1. The minimum Gasteiger partial charge on any atom is -0.310 e. The first kappa shape index (κ1) is 16.1. The van der Waals surface area contributed by atoms with E-state index in [9.17, 15) is 8.42 Å².